The van der Waals surface area contributed by atoms with Crippen LogP contribution in [-0.2, 0) is 13.6 Å². The standard InChI is InChI=1S/C44H75O4P/c1-3-5-7-9-11-13-15-17-19-21-23-25-27-29-31-33-35-37-39-41-43-47-49(45,46)48-44-42-40-38-36-34-32-30-28-26-24-22-20-18-16-14-12-10-8-6-4-2/h3-20,29-44H2,1-2H3,(H,45,46). The summed E-state index contributed by atoms with van der Waals surface area (Å²) in [6.07, 6.45) is 37.7. The molecule has 0 aliphatic carbocycles. The highest BCUT2D eigenvalue weighted by Crippen LogP contribution is 2.43. The highest BCUT2D eigenvalue weighted by Gasteiger charge is 2.19. The van der Waals surface area contributed by atoms with Gasteiger partial charge in [0.05, 0.1) is 13.2 Å². The van der Waals surface area contributed by atoms with Crippen LogP contribution in [0.15, 0.2) is 0 Å². The van der Waals surface area contributed by atoms with E-state index in [0.717, 1.165) is 103 Å². The Morgan fingerprint density at radius 2 is 0.592 bits per heavy atom. The molecule has 0 atom stereocenters. The maximum Gasteiger partial charge on any atom is 0.472 e. The predicted octanol–water partition coefficient (Wildman–Crippen LogP) is 13.7. The molecule has 0 spiro atoms. The van der Waals surface area contributed by atoms with E-state index in [1.165, 1.54) is 103 Å². The van der Waals surface area contributed by atoms with Gasteiger partial charge in [0.15, 0.2) is 0 Å². The van der Waals surface area contributed by atoms with Crippen LogP contribution < -0.4 is 0 Å². The van der Waals surface area contributed by atoms with Crippen LogP contribution >= 0.6 is 7.82 Å². The number of hydrogen-bond donors (Lipinski definition) is 1. The number of phosphoric ester groups is 1. The zero-order valence-corrected chi connectivity index (χ0v) is 33.1. The molecule has 0 aliphatic rings. The normalized spacial score (nSPS) is 10.7. The number of unbranched alkanes of at least 4 members (excludes halogenated alkanes) is 28. The zero-order chi connectivity index (χ0) is 35.6. The van der Waals surface area contributed by atoms with Gasteiger partial charge < -0.3 is 4.89 Å². The summed E-state index contributed by atoms with van der Waals surface area (Å²) in [4.78, 5) is 9.90. The Bertz CT molecular complexity index is 928. The van der Waals surface area contributed by atoms with Crippen LogP contribution in [0.1, 0.15) is 219 Å². The minimum atomic E-state index is -3.93. The second-order valence-corrected chi connectivity index (χ2v) is 15.0. The van der Waals surface area contributed by atoms with Crippen LogP contribution in [0.3, 0.4) is 0 Å². The minimum Gasteiger partial charge on any atom is -0.302 e. The average molecular weight is 699 g/mol. The first-order valence-electron chi connectivity index (χ1n) is 20.7. The smallest absolute Gasteiger partial charge is 0.302 e. The monoisotopic (exact) mass is 699 g/mol. The van der Waals surface area contributed by atoms with E-state index < -0.39 is 7.82 Å². The summed E-state index contributed by atoms with van der Waals surface area (Å²) in [5.41, 5.74) is 0. The molecule has 49 heavy (non-hydrogen) atoms. The Hall–Kier alpha value is -1.65. The largest absolute Gasteiger partial charge is 0.472 e. The Balaban J connectivity index is 3.46. The summed E-state index contributed by atoms with van der Waals surface area (Å²) in [5, 5.41) is 0. The van der Waals surface area contributed by atoms with Gasteiger partial charge in [-0.15, -0.1) is 0 Å². The molecule has 0 rings (SSSR count). The SMILES string of the molecule is CCCCCCCCCCC#CC#CCCCCCCCCOP(=O)(O)OCCCCCCCCC#CC#CCCCCCCCCCC. The molecule has 0 fully saturated rings. The van der Waals surface area contributed by atoms with E-state index in [9.17, 15) is 9.46 Å². The van der Waals surface area contributed by atoms with E-state index >= 15 is 0 Å². The molecule has 0 aromatic heterocycles. The van der Waals surface area contributed by atoms with Gasteiger partial charge in [-0.3, -0.25) is 9.05 Å². The van der Waals surface area contributed by atoms with Crippen molar-refractivity contribution in [3.05, 3.63) is 0 Å². The van der Waals surface area contributed by atoms with Crippen molar-refractivity contribution < 1.29 is 18.5 Å². The van der Waals surface area contributed by atoms with Gasteiger partial charge in [-0.25, -0.2) is 4.57 Å². The first-order chi connectivity index (χ1) is 24.1. The predicted molar refractivity (Wildman–Crippen MR) is 212 cm³/mol. The minimum absolute atomic E-state index is 0.268. The summed E-state index contributed by atoms with van der Waals surface area (Å²) in [5.74, 6) is 24.7. The lowest BCUT2D eigenvalue weighted by molar-refractivity contribution is 0.145. The maximum atomic E-state index is 12.1. The summed E-state index contributed by atoms with van der Waals surface area (Å²) in [6, 6.07) is 0. The van der Waals surface area contributed by atoms with Crippen LogP contribution in [0.5, 0.6) is 0 Å². The number of phosphoric acid groups is 1. The van der Waals surface area contributed by atoms with Gasteiger partial charge in [0.2, 0.25) is 0 Å². The van der Waals surface area contributed by atoms with Crippen molar-refractivity contribution in [3.63, 3.8) is 0 Å². The Morgan fingerprint density at radius 1 is 0.367 bits per heavy atom. The van der Waals surface area contributed by atoms with Crippen molar-refractivity contribution in [2.45, 2.75) is 219 Å². The number of rotatable bonds is 34. The lowest BCUT2D eigenvalue weighted by atomic mass is 10.1. The van der Waals surface area contributed by atoms with Crippen LogP contribution in [-0.4, -0.2) is 18.1 Å². The fourth-order valence-electron chi connectivity index (χ4n) is 5.56. The third-order valence-electron chi connectivity index (χ3n) is 8.69. The van der Waals surface area contributed by atoms with Gasteiger partial charge in [0.1, 0.15) is 0 Å². The topological polar surface area (TPSA) is 55.8 Å². The molecular formula is C44H75O4P. The van der Waals surface area contributed by atoms with Crippen LogP contribution in [0, 0.1) is 47.4 Å². The highest BCUT2D eigenvalue weighted by atomic mass is 31.2. The molecule has 280 valence electrons. The highest BCUT2D eigenvalue weighted by molar-refractivity contribution is 7.47. The van der Waals surface area contributed by atoms with E-state index in [-0.39, 0.29) is 13.2 Å². The van der Waals surface area contributed by atoms with Crippen molar-refractivity contribution in [3.8, 4) is 47.4 Å². The van der Waals surface area contributed by atoms with E-state index in [0.29, 0.717) is 0 Å². The fraction of sp³-hybridized carbons (Fsp3) is 0.818. The quantitative estimate of drug-likeness (QED) is 0.0413. The fourth-order valence-corrected chi connectivity index (χ4v) is 6.36. The second kappa shape index (κ2) is 40.8. The third kappa shape index (κ3) is 42.4. The van der Waals surface area contributed by atoms with E-state index in [1.54, 1.807) is 0 Å². The molecule has 1 N–H and O–H groups in total. The summed E-state index contributed by atoms with van der Waals surface area (Å²) >= 11 is 0. The maximum absolute atomic E-state index is 12.1. The molecule has 5 heteroatoms. The molecule has 0 aromatic carbocycles. The Kier molecular flexibility index (Phi) is 39.4. The zero-order valence-electron chi connectivity index (χ0n) is 32.2. The first kappa shape index (κ1) is 47.4. The molecule has 0 amide bonds. The summed E-state index contributed by atoms with van der Waals surface area (Å²) in [7, 11) is -3.93. The van der Waals surface area contributed by atoms with E-state index in [2.05, 4.69) is 61.2 Å². The lowest BCUT2D eigenvalue weighted by Crippen LogP contribution is -1.99. The molecule has 0 saturated heterocycles. The average Bonchev–Trinajstić information content (AvgIpc) is 3.09. The van der Waals surface area contributed by atoms with Gasteiger partial charge in [-0.2, -0.15) is 0 Å². The molecule has 0 aliphatic heterocycles. The van der Waals surface area contributed by atoms with Crippen molar-refractivity contribution in [1.29, 1.82) is 0 Å². The van der Waals surface area contributed by atoms with Crippen LogP contribution in [0.25, 0.3) is 0 Å². The van der Waals surface area contributed by atoms with E-state index in [1.807, 2.05) is 0 Å². The molecule has 0 saturated carbocycles. The molecular weight excluding hydrogens is 623 g/mol. The Labute approximate surface area is 305 Å². The van der Waals surface area contributed by atoms with Gasteiger partial charge in [0, 0.05) is 25.7 Å². The van der Waals surface area contributed by atoms with Crippen LogP contribution in [0.4, 0.5) is 0 Å². The molecule has 0 radical (unpaired) electrons. The number of hydrogen-bond acceptors (Lipinski definition) is 3. The van der Waals surface area contributed by atoms with E-state index in [4.69, 9.17) is 9.05 Å². The van der Waals surface area contributed by atoms with Crippen molar-refractivity contribution in [2.24, 2.45) is 0 Å². The van der Waals surface area contributed by atoms with Gasteiger partial charge in [-0.1, -0.05) is 179 Å². The molecule has 0 aromatic rings. The van der Waals surface area contributed by atoms with Gasteiger partial charge in [0.25, 0.3) is 0 Å². The lowest BCUT2D eigenvalue weighted by Gasteiger charge is -2.12. The third-order valence-corrected chi connectivity index (χ3v) is 9.71. The van der Waals surface area contributed by atoms with Crippen molar-refractivity contribution >= 4 is 7.82 Å². The molecule has 0 heterocycles. The Morgan fingerprint density at radius 3 is 0.857 bits per heavy atom. The van der Waals surface area contributed by atoms with Crippen molar-refractivity contribution in [1.82, 2.24) is 0 Å². The molecule has 4 nitrogen and oxygen atoms in total. The van der Waals surface area contributed by atoms with Crippen LogP contribution in [0.2, 0.25) is 0 Å². The molecule has 0 bridgehead atoms. The van der Waals surface area contributed by atoms with Gasteiger partial charge >= 0.3 is 7.82 Å². The van der Waals surface area contributed by atoms with Gasteiger partial charge in [-0.05, 0) is 62.2 Å². The van der Waals surface area contributed by atoms with Crippen molar-refractivity contribution in [2.75, 3.05) is 13.2 Å². The molecule has 0 unspecified atom stereocenters. The summed E-state index contributed by atoms with van der Waals surface area (Å²) in [6.45, 7) is 5.06. The second-order valence-electron chi connectivity index (χ2n) is 13.5. The first-order valence-corrected chi connectivity index (χ1v) is 22.1. The summed E-state index contributed by atoms with van der Waals surface area (Å²) < 4.78 is 22.4.